The molecule has 1 saturated heterocycles. The second kappa shape index (κ2) is 7.95. The number of cyclic esters (lactones) is 1. The van der Waals surface area contributed by atoms with Crippen molar-refractivity contribution in [1.82, 2.24) is 10.2 Å². The summed E-state index contributed by atoms with van der Waals surface area (Å²) in [7, 11) is 0. The Morgan fingerprint density at radius 2 is 1.52 bits per heavy atom. The zero-order valence-electron chi connectivity index (χ0n) is 18.0. The van der Waals surface area contributed by atoms with Crippen LogP contribution in [0.5, 0.6) is 0 Å². The van der Waals surface area contributed by atoms with Gasteiger partial charge in [0.05, 0.1) is 5.92 Å². The van der Waals surface area contributed by atoms with Crippen LogP contribution in [0.1, 0.15) is 62.8 Å². The zero-order chi connectivity index (χ0) is 21.4. The van der Waals surface area contributed by atoms with Gasteiger partial charge in [-0.2, -0.15) is 0 Å². The minimum absolute atomic E-state index is 0.0496. The highest BCUT2D eigenvalue weighted by atomic mass is 16.6. The quantitative estimate of drug-likeness (QED) is 0.507. The van der Waals surface area contributed by atoms with Crippen molar-refractivity contribution in [3.63, 3.8) is 0 Å². The van der Waals surface area contributed by atoms with Gasteiger partial charge in [-0.05, 0) is 63.1 Å². The molecule has 1 aliphatic carbocycles. The average molecular weight is 417 g/mol. The summed E-state index contributed by atoms with van der Waals surface area (Å²) in [5.74, 6) is 1.78. The Balaban J connectivity index is 1.31. The number of esters is 1. The predicted octanol–water partition coefficient (Wildman–Crippen LogP) is 5.75. The van der Waals surface area contributed by atoms with Crippen molar-refractivity contribution in [1.29, 1.82) is 0 Å². The first kappa shape index (κ1) is 20.0. The van der Waals surface area contributed by atoms with Crippen molar-refractivity contribution in [3.05, 3.63) is 72.1 Å². The van der Waals surface area contributed by atoms with Crippen molar-refractivity contribution in [2.24, 2.45) is 11.8 Å². The molecular weight excluding hydrogens is 388 g/mol. The van der Waals surface area contributed by atoms with Crippen LogP contribution in [0, 0.1) is 11.8 Å². The molecule has 0 N–H and O–H groups in total. The lowest BCUT2D eigenvalue weighted by Gasteiger charge is -2.34. The first-order valence-corrected chi connectivity index (χ1v) is 11.2. The maximum Gasteiger partial charge on any atom is 0.310 e. The smallest absolute Gasteiger partial charge is 0.310 e. The van der Waals surface area contributed by atoms with Gasteiger partial charge in [0.25, 0.3) is 0 Å². The molecule has 31 heavy (non-hydrogen) atoms. The van der Waals surface area contributed by atoms with Gasteiger partial charge < -0.3 is 9.15 Å². The third kappa shape index (κ3) is 3.78. The predicted molar refractivity (Wildman–Crippen MR) is 117 cm³/mol. The molecule has 1 saturated carbocycles. The first-order chi connectivity index (χ1) is 15.0. The van der Waals surface area contributed by atoms with E-state index < -0.39 is 5.60 Å². The largest absolute Gasteiger partial charge is 0.459 e. The van der Waals surface area contributed by atoms with E-state index in [9.17, 15) is 4.79 Å². The fourth-order valence-electron chi connectivity index (χ4n) is 5.52. The van der Waals surface area contributed by atoms with E-state index >= 15 is 0 Å². The Morgan fingerprint density at radius 3 is 2.19 bits per heavy atom. The lowest BCUT2D eigenvalue weighted by atomic mass is 9.67. The SMILES string of the molecule is CC1(C)OC(=O)C(C2CCC(c3nnc(-c4ccccc4)o3)CC2)[C@H]1c1ccccc1. The number of carbonyl (C=O) groups excluding carboxylic acids is 1. The molecule has 160 valence electrons. The van der Waals surface area contributed by atoms with Crippen LogP contribution in [0.2, 0.25) is 0 Å². The van der Waals surface area contributed by atoms with E-state index in [0.717, 1.165) is 31.2 Å². The van der Waals surface area contributed by atoms with Crippen LogP contribution in [0.4, 0.5) is 0 Å². The molecule has 2 fully saturated rings. The summed E-state index contributed by atoms with van der Waals surface area (Å²) in [5.41, 5.74) is 1.64. The number of aromatic nitrogens is 2. The number of hydrogen-bond acceptors (Lipinski definition) is 5. The molecule has 1 aliphatic heterocycles. The molecule has 2 aliphatic rings. The van der Waals surface area contributed by atoms with Gasteiger partial charge in [-0.1, -0.05) is 48.5 Å². The minimum Gasteiger partial charge on any atom is -0.459 e. The van der Waals surface area contributed by atoms with Crippen LogP contribution in [-0.4, -0.2) is 21.8 Å². The Bertz CT molecular complexity index is 1040. The molecule has 2 heterocycles. The maximum absolute atomic E-state index is 12.9. The second-order valence-corrected chi connectivity index (χ2v) is 9.36. The van der Waals surface area contributed by atoms with Crippen LogP contribution in [-0.2, 0) is 9.53 Å². The molecular formula is C26H28N2O3. The maximum atomic E-state index is 12.9. The number of benzene rings is 2. The van der Waals surface area contributed by atoms with E-state index in [1.165, 1.54) is 5.56 Å². The second-order valence-electron chi connectivity index (χ2n) is 9.36. The molecule has 0 radical (unpaired) electrons. The van der Waals surface area contributed by atoms with Gasteiger partial charge in [0.1, 0.15) is 5.60 Å². The van der Waals surface area contributed by atoms with Crippen molar-refractivity contribution < 1.29 is 13.9 Å². The molecule has 0 bridgehead atoms. The third-order valence-electron chi connectivity index (χ3n) is 6.99. The summed E-state index contributed by atoms with van der Waals surface area (Å²) in [4.78, 5) is 12.9. The van der Waals surface area contributed by atoms with E-state index in [1.807, 2.05) is 62.4 Å². The van der Waals surface area contributed by atoms with Gasteiger partial charge in [0, 0.05) is 17.4 Å². The lowest BCUT2D eigenvalue weighted by Crippen LogP contribution is -2.32. The Labute approximate surface area is 182 Å². The molecule has 5 rings (SSSR count). The molecule has 5 heteroatoms. The molecule has 2 aromatic carbocycles. The van der Waals surface area contributed by atoms with Gasteiger partial charge >= 0.3 is 5.97 Å². The topological polar surface area (TPSA) is 65.2 Å². The number of hydrogen-bond donors (Lipinski definition) is 0. The number of rotatable bonds is 4. The summed E-state index contributed by atoms with van der Waals surface area (Å²) in [6, 6.07) is 20.2. The average Bonchev–Trinajstić information content (AvgIpc) is 3.37. The van der Waals surface area contributed by atoms with Crippen LogP contribution < -0.4 is 0 Å². The standard InChI is InChI=1S/C26H28N2O3/c1-26(2)22(18-9-5-3-6-10-18)21(25(29)31-26)17-13-15-20(16-14-17)24-28-27-23(30-24)19-11-7-4-8-12-19/h3-12,17,20-22H,13-16H2,1-2H3/t17?,20?,21?,22-/m1/s1. The van der Waals surface area contributed by atoms with E-state index in [4.69, 9.17) is 9.15 Å². The van der Waals surface area contributed by atoms with Crippen LogP contribution in [0.3, 0.4) is 0 Å². The Hall–Kier alpha value is -2.95. The molecule has 5 nitrogen and oxygen atoms in total. The van der Waals surface area contributed by atoms with Crippen LogP contribution in [0.15, 0.2) is 65.1 Å². The highest BCUT2D eigenvalue weighted by molar-refractivity contribution is 5.78. The monoisotopic (exact) mass is 416 g/mol. The molecule has 0 amide bonds. The fraction of sp³-hybridized carbons (Fsp3) is 0.423. The van der Waals surface area contributed by atoms with Gasteiger partial charge in [0.15, 0.2) is 0 Å². The molecule has 1 aromatic heterocycles. The van der Waals surface area contributed by atoms with Gasteiger partial charge in [-0.15, -0.1) is 10.2 Å². The van der Waals surface area contributed by atoms with Crippen molar-refractivity contribution in [3.8, 4) is 11.5 Å². The normalized spacial score (nSPS) is 27.7. The van der Waals surface area contributed by atoms with Crippen molar-refractivity contribution >= 4 is 5.97 Å². The zero-order valence-corrected chi connectivity index (χ0v) is 18.0. The summed E-state index contributed by atoms with van der Waals surface area (Å²) >= 11 is 0. The third-order valence-corrected chi connectivity index (χ3v) is 6.99. The molecule has 2 atom stereocenters. The van der Waals surface area contributed by atoms with Gasteiger partial charge in [-0.25, -0.2) is 0 Å². The molecule has 3 aromatic rings. The van der Waals surface area contributed by atoms with Gasteiger partial charge in [0.2, 0.25) is 11.8 Å². The van der Waals surface area contributed by atoms with Gasteiger partial charge in [-0.3, -0.25) is 4.79 Å². The minimum atomic E-state index is -0.489. The summed E-state index contributed by atoms with van der Waals surface area (Å²) in [6.07, 6.45) is 3.83. The highest BCUT2D eigenvalue weighted by Crippen LogP contribution is 2.51. The molecule has 0 spiro atoms. The first-order valence-electron chi connectivity index (χ1n) is 11.2. The van der Waals surface area contributed by atoms with Crippen molar-refractivity contribution in [2.45, 2.75) is 57.0 Å². The van der Waals surface area contributed by atoms with E-state index in [-0.39, 0.29) is 23.7 Å². The number of ether oxygens (including phenoxy) is 1. The summed E-state index contributed by atoms with van der Waals surface area (Å²) < 4.78 is 11.9. The lowest BCUT2D eigenvalue weighted by molar-refractivity contribution is -0.149. The van der Waals surface area contributed by atoms with Crippen molar-refractivity contribution in [2.75, 3.05) is 0 Å². The summed E-state index contributed by atoms with van der Waals surface area (Å²) in [5, 5.41) is 8.58. The van der Waals surface area contributed by atoms with E-state index in [2.05, 4.69) is 22.3 Å². The fourth-order valence-corrected chi connectivity index (χ4v) is 5.52. The highest BCUT2D eigenvalue weighted by Gasteiger charge is 2.53. The Morgan fingerprint density at radius 1 is 0.871 bits per heavy atom. The Kier molecular flexibility index (Phi) is 5.12. The van der Waals surface area contributed by atoms with E-state index in [1.54, 1.807) is 0 Å². The molecule has 1 unspecified atom stereocenters. The number of carbonyl (C=O) groups is 1. The number of nitrogens with zero attached hydrogens (tertiary/aromatic N) is 2. The van der Waals surface area contributed by atoms with Crippen LogP contribution >= 0.6 is 0 Å². The van der Waals surface area contributed by atoms with Crippen LogP contribution in [0.25, 0.3) is 11.5 Å². The summed E-state index contributed by atoms with van der Waals surface area (Å²) in [6.45, 7) is 4.08. The van der Waals surface area contributed by atoms with E-state index in [0.29, 0.717) is 17.7 Å².